The molecule has 0 radical (unpaired) electrons. The van der Waals surface area contributed by atoms with Crippen LogP contribution in [-0.4, -0.2) is 33.8 Å². The average Bonchev–Trinajstić information content (AvgIpc) is 2.38. The van der Waals surface area contributed by atoms with Gasteiger partial charge in [-0.15, -0.1) is 0 Å². The predicted octanol–water partition coefficient (Wildman–Crippen LogP) is 3.07. The Labute approximate surface area is 121 Å². The molecule has 20 heavy (non-hydrogen) atoms. The molecule has 0 unspecified atom stereocenters. The summed E-state index contributed by atoms with van der Waals surface area (Å²) in [5, 5.41) is 19.2. The highest BCUT2D eigenvalue weighted by Crippen LogP contribution is 2.25. The molecule has 2 rings (SSSR count). The van der Waals surface area contributed by atoms with Crippen molar-refractivity contribution >= 4 is 0 Å². The number of nitrogens with zero attached hydrogens (tertiary/aromatic N) is 1. The molecule has 0 bridgehead atoms. The molecule has 0 heterocycles. The van der Waals surface area contributed by atoms with Gasteiger partial charge < -0.3 is 10.2 Å². The lowest BCUT2D eigenvalue weighted by Gasteiger charge is -2.36. The highest BCUT2D eigenvalue weighted by molar-refractivity contribution is 5.27. The fourth-order valence-corrected chi connectivity index (χ4v) is 2.97. The van der Waals surface area contributed by atoms with Gasteiger partial charge in [0, 0.05) is 19.1 Å². The molecule has 2 N–H and O–H groups in total. The largest absolute Gasteiger partial charge is 0.508 e. The van der Waals surface area contributed by atoms with Crippen LogP contribution in [0.4, 0.5) is 0 Å². The van der Waals surface area contributed by atoms with Crippen molar-refractivity contribution in [2.75, 3.05) is 6.54 Å². The second-order valence-corrected chi connectivity index (χ2v) is 5.99. The summed E-state index contributed by atoms with van der Waals surface area (Å²) in [6.07, 6.45) is 3.72. The fraction of sp³-hybridized carbons (Fsp3) is 0.529. The first-order valence-corrected chi connectivity index (χ1v) is 7.39. The van der Waals surface area contributed by atoms with Gasteiger partial charge in [0.15, 0.2) is 0 Å². The molecule has 1 saturated carbocycles. The SMILES string of the molecule is C=C(C)CN(Cc1cccc(O)c1)C1CCC(O)CC1. The van der Waals surface area contributed by atoms with Gasteiger partial charge in [0.05, 0.1) is 6.10 Å². The number of aromatic hydroxyl groups is 1. The van der Waals surface area contributed by atoms with Crippen LogP contribution >= 0.6 is 0 Å². The zero-order valence-electron chi connectivity index (χ0n) is 12.3. The van der Waals surface area contributed by atoms with E-state index in [9.17, 15) is 10.2 Å². The maximum atomic E-state index is 9.65. The quantitative estimate of drug-likeness (QED) is 0.812. The maximum absolute atomic E-state index is 9.65. The third-order valence-corrected chi connectivity index (χ3v) is 3.95. The summed E-state index contributed by atoms with van der Waals surface area (Å²) in [5.74, 6) is 0.317. The molecule has 0 aliphatic heterocycles. The minimum absolute atomic E-state index is 0.126. The molecule has 0 amide bonds. The second-order valence-electron chi connectivity index (χ2n) is 5.99. The summed E-state index contributed by atoms with van der Waals surface area (Å²) >= 11 is 0. The molecule has 0 atom stereocenters. The van der Waals surface area contributed by atoms with E-state index in [2.05, 4.69) is 11.5 Å². The lowest BCUT2D eigenvalue weighted by Crippen LogP contribution is -2.39. The van der Waals surface area contributed by atoms with E-state index in [0.29, 0.717) is 11.8 Å². The Morgan fingerprint density at radius 3 is 2.60 bits per heavy atom. The van der Waals surface area contributed by atoms with Gasteiger partial charge in [-0.1, -0.05) is 24.3 Å². The molecule has 1 aliphatic carbocycles. The van der Waals surface area contributed by atoms with Gasteiger partial charge in [0.25, 0.3) is 0 Å². The van der Waals surface area contributed by atoms with Crippen molar-refractivity contribution in [3.8, 4) is 5.75 Å². The topological polar surface area (TPSA) is 43.7 Å². The summed E-state index contributed by atoms with van der Waals surface area (Å²) in [7, 11) is 0. The summed E-state index contributed by atoms with van der Waals surface area (Å²) < 4.78 is 0. The number of hydrogen-bond donors (Lipinski definition) is 2. The first kappa shape index (κ1) is 15.1. The minimum Gasteiger partial charge on any atom is -0.508 e. The van der Waals surface area contributed by atoms with E-state index in [4.69, 9.17) is 0 Å². The molecule has 110 valence electrons. The molecule has 3 heteroatoms. The van der Waals surface area contributed by atoms with Gasteiger partial charge in [0.2, 0.25) is 0 Å². The highest BCUT2D eigenvalue weighted by Gasteiger charge is 2.24. The van der Waals surface area contributed by atoms with Crippen LogP contribution in [0.15, 0.2) is 36.4 Å². The van der Waals surface area contributed by atoms with Crippen LogP contribution in [0.2, 0.25) is 0 Å². The number of phenols is 1. The number of aliphatic hydroxyl groups is 1. The number of hydrogen-bond acceptors (Lipinski definition) is 3. The van der Waals surface area contributed by atoms with Crippen molar-refractivity contribution < 1.29 is 10.2 Å². The van der Waals surface area contributed by atoms with Crippen LogP contribution in [0.1, 0.15) is 38.2 Å². The van der Waals surface area contributed by atoms with Crippen LogP contribution in [0.25, 0.3) is 0 Å². The normalized spacial score (nSPS) is 22.9. The fourth-order valence-electron chi connectivity index (χ4n) is 2.97. The molecule has 1 fully saturated rings. The molecule has 3 nitrogen and oxygen atoms in total. The Morgan fingerprint density at radius 1 is 1.30 bits per heavy atom. The Hall–Kier alpha value is -1.32. The van der Waals surface area contributed by atoms with Crippen molar-refractivity contribution in [1.29, 1.82) is 0 Å². The zero-order valence-corrected chi connectivity index (χ0v) is 12.3. The van der Waals surface area contributed by atoms with Crippen LogP contribution in [0.5, 0.6) is 5.75 Å². The molecule has 1 aromatic carbocycles. The van der Waals surface area contributed by atoms with Gasteiger partial charge in [-0.2, -0.15) is 0 Å². The number of benzene rings is 1. The van der Waals surface area contributed by atoms with Crippen molar-refractivity contribution in [3.63, 3.8) is 0 Å². The Bertz CT molecular complexity index is 450. The summed E-state index contributed by atoms with van der Waals surface area (Å²) in [5.41, 5.74) is 2.27. The standard InChI is InChI=1S/C17H25NO2/c1-13(2)11-18(15-6-8-16(19)9-7-15)12-14-4-3-5-17(20)10-14/h3-5,10,15-16,19-20H,1,6-9,11-12H2,2H3. The molecule has 1 aromatic rings. The van der Waals surface area contributed by atoms with Gasteiger partial charge >= 0.3 is 0 Å². The van der Waals surface area contributed by atoms with Crippen molar-refractivity contribution in [2.45, 2.75) is 51.3 Å². The predicted molar refractivity (Wildman–Crippen MR) is 81.6 cm³/mol. The van der Waals surface area contributed by atoms with E-state index in [-0.39, 0.29) is 6.10 Å². The van der Waals surface area contributed by atoms with Crippen LogP contribution in [0, 0.1) is 0 Å². The Morgan fingerprint density at radius 2 is 2.00 bits per heavy atom. The first-order valence-electron chi connectivity index (χ1n) is 7.39. The summed E-state index contributed by atoms with van der Waals surface area (Å²) in [6.45, 7) is 7.77. The number of phenolic OH excluding ortho intramolecular Hbond substituents is 1. The minimum atomic E-state index is -0.126. The van der Waals surface area contributed by atoms with E-state index in [1.807, 2.05) is 25.1 Å². The molecule has 0 aromatic heterocycles. The van der Waals surface area contributed by atoms with Crippen LogP contribution < -0.4 is 0 Å². The first-order chi connectivity index (χ1) is 9.54. The third kappa shape index (κ3) is 4.36. The maximum Gasteiger partial charge on any atom is 0.115 e. The van der Waals surface area contributed by atoms with Gasteiger partial charge in [0.1, 0.15) is 5.75 Å². The third-order valence-electron chi connectivity index (χ3n) is 3.95. The summed E-state index contributed by atoms with van der Waals surface area (Å²) in [4.78, 5) is 2.42. The number of rotatable bonds is 5. The van der Waals surface area contributed by atoms with Gasteiger partial charge in [-0.05, 0) is 50.3 Å². The Kier molecular flexibility index (Phi) is 5.21. The van der Waals surface area contributed by atoms with Crippen LogP contribution in [-0.2, 0) is 6.54 Å². The molecular formula is C17H25NO2. The van der Waals surface area contributed by atoms with Gasteiger partial charge in [-0.25, -0.2) is 0 Å². The lowest BCUT2D eigenvalue weighted by molar-refractivity contribution is 0.0745. The molecule has 1 aliphatic rings. The van der Waals surface area contributed by atoms with Crippen molar-refractivity contribution in [1.82, 2.24) is 4.90 Å². The van der Waals surface area contributed by atoms with Crippen LogP contribution in [0.3, 0.4) is 0 Å². The summed E-state index contributed by atoms with van der Waals surface area (Å²) in [6, 6.07) is 7.95. The molecule has 0 spiro atoms. The highest BCUT2D eigenvalue weighted by atomic mass is 16.3. The van der Waals surface area contributed by atoms with E-state index < -0.39 is 0 Å². The van der Waals surface area contributed by atoms with Gasteiger partial charge in [-0.3, -0.25) is 4.90 Å². The van der Waals surface area contributed by atoms with E-state index in [0.717, 1.165) is 49.9 Å². The van der Waals surface area contributed by atoms with E-state index in [1.165, 1.54) is 0 Å². The van der Waals surface area contributed by atoms with E-state index >= 15 is 0 Å². The monoisotopic (exact) mass is 275 g/mol. The van der Waals surface area contributed by atoms with Crippen molar-refractivity contribution in [2.24, 2.45) is 0 Å². The number of aliphatic hydroxyl groups excluding tert-OH is 1. The lowest BCUT2D eigenvalue weighted by atomic mass is 9.91. The molecule has 0 saturated heterocycles. The van der Waals surface area contributed by atoms with Crippen molar-refractivity contribution in [3.05, 3.63) is 42.0 Å². The second kappa shape index (κ2) is 6.91. The molecular weight excluding hydrogens is 250 g/mol. The Balaban J connectivity index is 2.05. The smallest absolute Gasteiger partial charge is 0.115 e. The average molecular weight is 275 g/mol. The zero-order chi connectivity index (χ0) is 14.5. The van der Waals surface area contributed by atoms with E-state index in [1.54, 1.807) is 6.07 Å².